The van der Waals surface area contributed by atoms with E-state index in [1.165, 1.54) is 11.8 Å². The summed E-state index contributed by atoms with van der Waals surface area (Å²) in [6.45, 7) is 2.91. The Labute approximate surface area is 135 Å². The fourth-order valence-corrected chi connectivity index (χ4v) is 2.02. The van der Waals surface area contributed by atoms with Crippen molar-refractivity contribution in [3.63, 3.8) is 0 Å². The number of nitriles is 1. The predicted octanol–water partition coefficient (Wildman–Crippen LogP) is 2.20. The Bertz CT molecular complexity index is 732. The molecule has 2 rings (SSSR count). The molecule has 1 aromatic heterocycles. The van der Waals surface area contributed by atoms with Crippen LogP contribution in [0.5, 0.6) is 0 Å². The van der Waals surface area contributed by atoms with Crippen molar-refractivity contribution < 1.29 is 4.79 Å². The van der Waals surface area contributed by atoms with E-state index in [-0.39, 0.29) is 5.57 Å². The maximum absolute atomic E-state index is 12.0. The number of carbonyl (C=O) groups excluding carboxylic acids is 1. The quantitative estimate of drug-likeness (QED) is 0.633. The van der Waals surface area contributed by atoms with Crippen LogP contribution in [0.2, 0.25) is 0 Å². The summed E-state index contributed by atoms with van der Waals surface area (Å²) in [6, 6.07) is 13.6. The normalized spacial score (nSPS) is 10.7. The Morgan fingerprint density at radius 1 is 1.26 bits per heavy atom. The van der Waals surface area contributed by atoms with Gasteiger partial charge < -0.3 is 10.6 Å². The van der Waals surface area contributed by atoms with Gasteiger partial charge in [-0.2, -0.15) is 5.26 Å². The molecule has 0 bridgehead atoms. The fraction of sp³-hybridized carbons (Fsp3) is 0.167. The second kappa shape index (κ2) is 8.35. The summed E-state index contributed by atoms with van der Waals surface area (Å²) >= 11 is 0. The standard InChI is InChI=1S/C18H18N4O/c1-14-4-2-5-15(8-14)10-21-13-17(9-19)18(23)22-12-16-6-3-7-20-11-16/h2-8,11,13,21H,10,12H2,1H3,(H,22,23)/b17-13-. The molecule has 0 aliphatic rings. The smallest absolute Gasteiger partial charge is 0.263 e. The lowest BCUT2D eigenvalue weighted by Crippen LogP contribution is -2.25. The summed E-state index contributed by atoms with van der Waals surface area (Å²) in [7, 11) is 0. The Hall–Kier alpha value is -3.13. The van der Waals surface area contributed by atoms with Crippen LogP contribution in [0.1, 0.15) is 16.7 Å². The first-order valence-corrected chi connectivity index (χ1v) is 7.25. The van der Waals surface area contributed by atoms with Gasteiger partial charge in [-0.3, -0.25) is 9.78 Å². The largest absolute Gasteiger partial charge is 0.386 e. The van der Waals surface area contributed by atoms with Gasteiger partial charge in [-0.1, -0.05) is 35.9 Å². The molecule has 0 unspecified atom stereocenters. The number of pyridine rings is 1. The van der Waals surface area contributed by atoms with E-state index in [0.29, 0.717) is 13.1 Å². The van der Waals surface area contributed by atoms with Gasteiger partial charge in [0, 0.05) is 31.7 Å². The van der Waals surface area contributed by atoms with E-state index in [4.69, 9.17) is 5.26 Å². The van der Waals surface area contributed by atoms with Gasteiger partial charge in [-0.05, 0) is 24.1 Å². The number of amides is 1. The molecule has 0 atom stereocenters. The van der Waals surface area contributed by atoms with Crippen LogP contribution in [-0.2, 0) is 17.9 Å². The third-order valence-electron chi connectivity index (χ3n) is 3.18. The zero-order chi connectivity index (χ0) is 16.5. The van der Waals surface area contributed by atoms with E-state index >= 15 is 0 Å². The molecule has 2 aromatic rings. The minimum absolute atomic E-state index is 0.0431. The van der Waals surface area contributed by atoms with E-state index in [0.717, 1.165) is 11.1 Å². The lowest BCUT2D eigenvalue weighted by molar-refractivity contribution is -0.117. The second-order valence-electron chi connectivity index (χ2n) is 5.08. The molecule has 5 heteroatoms. The Morgan fingerprint density at radius 2 is 2.09 bits per heavy atom. The zero-order valence-corrected chi connectivity index (χ0v) is 12.9. The van der Waals surface area contributed by atoms with Crippen molar-refractivity contribution in [2.45, 2.75) is 20.0 Å². The molecule has 5 nitrogen and oxygen atoms in total. The van der Waals surface area contributed by atoms with E-state index in [9.17, 15) is 4.79 Å². The van der Waals surface area contributed by atoms with Crippen LogP contribution >= 0.6 is 0 Å². The molecule has 0 aliphatic carbocycles. The highest BCUT2D eigenvalue weighted by Gasteiger charge is 2.08. The molecular weight excluding hydrogens is 288 g/mol. The highest BCUT2D eigenvalue weighted by atomic mass is 16.1. The topological polar surface area (TPSA) is 77.8 Å². The highest BCUT2D eigenvalue weighted by Crippen LogP contribution is 2.03. The average molecular weight is 306 g/mol. The lowest BCUT2D eigenvalue weighted by atomic mass is 10.1. The molecule has 2 N–H and O–H groups in total. The van der Waals surface area contributed by atoms with Crippen LogP contribution in [0.15, 0.2) is 60.6 Å². The van der Waals surface area contributed by atoms with Gasteiger partial charge in [-0.15, -0.1) is 0 Å². The molecule has 23 heavy (non-hydrogen) atoms. The van der Waals surface area contributed by atoms with Gasteiger partial charge in [0.15, 0.2) is 0 Å². The number of carbonyl (C=O) groups is 1. The monoisotopic (exact) mass is 306 g/mol. The molecule has 1 heterocycles. The third-order valence-corrected chi connectivity index (χ3v) is 3.18. The maximum Gasteiger partial charge on any atom is 0.263 e. The summed E-state index contributed by atoms with van der Waals surface area (Å²) in [5, 5.41) is 14.8. The van der Waals surface area contributed by atoms with Crippen LogP contribution in [0.25, 0.3) is 0 Å². The van der Waals surface area contributed by atoms with Crippen molar-refractivity contribution in [1.82, 2.24) is 15.6 Å². The van der Waals surface area contributed by atoms with Crippen molar-refractivity contribution in [1.29, 1.82) is 5.26 Å². The molecule has 0 spiro atoms. The molecule has 1 amide bonds. The number of benzene rings is 1. The maximum atomic E-state index is 12.0. The van der Waals surface area contributed by atoms with Crippen LogP contribution in [-0.4, -0.2) is 10.9 Å². The van der Waals surface area contributed by atoms with E-state index in [1.807, 2.05) is 37.3 Å². The second-order valence-corrected chi connectivity index (χ2v) is 5.08. The van der Waals surface area contributed by atoms with Gasteiger partial charge in [0.25, 0.3) is 5.91 Å². The van der Waals surface area contributed by atoms with Crippen molar-refractivity contribution in [2.75, 3.05) is 0 Å². The fourth-order valence-electron chi connectivity index (χ4n) is 2.02. The van der Waals surface area contributed by atoms with E-state index in [2.05, 4.69) is 21.7 Å². The molecule has 0 saturated heterocycles. The molecule has 0 saturated carbocycles. The van der Waals surface area contributed by atoms with Gasteiger partial charge in [0.05, 0.1) is 0 Å². The number of hydrogen-bond acceptors (Lipinski definition) is 4. The first-order chi connectivity index (χ1) is 11.2. The van der Waals surface area contributed by atoms with E-state index in [1.54, 1.807) is 18.5 Å². The van der Waals surface area contributed by atoms with Gasteiger partial charge in [0.2, 0.25) is 0 Å². The molecule has 0 radical (unpaired) electrons. The first-order valence-electron chi connectivity index (χ1n) is 7.25. The van der Waals surface area contributed by atoms with Crippen molar-refractivity contribution in [3.8, 4) is 6.07 Å². The predicted molar refractivity (Wildman–Crippen MR) is 87.8 cm³/mol. The van der Waals surface area contributed by atoms with Crippen molar-refractivity contribution in [2.24, 2.45) is 0 Å². The zero-order valence-electron chi connectivity index (χ0n) is 12.9. The first kappa shape index (κ1) is 16.2. The Kier molecular flexibility index (Phi) is 5.89. The molecule has 116 valence electrons. The number of rotatable bonds is 6. The minimum Gasteiger partial charge on any atom is -0.386 e. The number of aryl methyl sites for hydroxylation is 1. The SMILES string of the molecule is Cc1cccc(CN/C=C(/C#N)C(=O)NCc2cccnc2)c1. The molecular formula is C18H18N4O. The number of aromatic nitrogens is 1. The highest BCUT2D eigenvalue weighted by molar-refractivity contribution is 5.97. The summed E-state index contributed by atoms with van der Waals surface area (Å²) in [4.78, 5) is 16.0. The van der Waals surface area contributed by atoms with Crippen molar-refractivity contribution in [3.05, 3.63) is 77.3 Å². The van der Waals surface area contributed by atoms with Crippen LogP contribution < -0.4 is 10.6 Å². The summed E-state index contributed by atoms with van der Waals surface area (Å²) in [6.07, 6.45) is 4.79. The van der Waals surface area contributed by atoms with Crippen LogP contribution in [0.3, 0.4) is 0 Å². The Balaban J connectivity index is 1.88. The average Bonchev–Trinajstić information content (AvgIpc) is 2.57. The lowest BCUT2D eigenvalue weighted by Gasteiger charge is -2.05. The number of hydrogen-bond donors (Lipinski definition) is 2. The number of nitrogens with one attached hydrogen (secondary N) is 2. The van der Waals surface area contributed by atoms with Gasteiger partial charge in [-0.25, -0.2) is 0 Å². The van der Waals surface area contributed by atoms with Crippen LogP contribution in [0, 0.1) is 18.3 Å². The van der Waals surface area contributed by atoms with Gasteiger partial charge in [0.1, 0.15) is 11.6 Å². The van der Waals surface area contributed by atoms with Gasteiger partial charge >= 0.3 is 0 Å². The summed E-state index contributed by atoms with van der Waals surface area (Å²) in [5.74, 6) is -0.409. The van der Waals surface area contributed by atoms with Crippen LogP contribution in [0.4, 0.5) is 0 Å². The summed E-state index contributed by atoms with van der Waals surface area (Å²) < 4.78 is 0. The molecule has 1 aromatic carbocycles. The minimum atomic E-state index is -0.409. The number of nitrogens with zero attached hydrogens (tertiary/aromatic N) is 2. The summed E-state index contributed by atoms with van der Waals surface area (Å²) in [5.41, 5.74) is 3.18. The Morgan fingerprint density at radius 3 is 2.78 bits per heavy atom. The van der Waals surface area contributed by atoms with Crippen molar-refractivity contribution >= 4 is 5.91 Å². The molecule has 0 aliphatic heterocycles. The third kappa shape index (κ3) is 5.29. The molecule has 0 fully saturated rings. The van der Waals surface area contributed by atoms with E-state index < -0.39 is 5.91 Å².